The lowest BCUT2D eigenvalue weighted by atomic mass is 10.1. The zero-order chi connectivity index (χ0) is 17.6. The lowest BCUT2D eigenvalue weighted by Crippen LogP contribution is -2.36. The molecule has 0 aliphatic carbocycles. The highest BCUT2D eigenvalue weighted by molar-refractivity contribution is 5.68. The lowest BCUT2D eigenvalue weighted by molar-refractivity contribution is 0.120. The molecule has 0 amide bonds. The maximum Gasteiger partial charge on any atom is 0.232 e. The van der Waals surface area contributed by atoms with E-state index in [2.05, 4.69) is 51.8 Å². The Labute approximate surface area is 153 Å². The standard InChI is InChI=1S/C21H23N3O2/c1-3-7-17(8-4-1)15-22-16-19-20(18-9-5-2-6-10-18)23-26-21(19)24-11-13-25-14-12-24/h1-10,22H,11-16H2. The minimum atomic E-state index is 0.704. The van der Waals surface area contributed by atoms with Gasteiger partial charge in [-0.1, -0.05) is 65.8 Å². The molecule has 0 unspecified atom stereocenters. The molecule has 4 rings (SSSR count). The third-order valence-electron chi connectivity index (χ3n) is 4.59. The van der Waals surface area contributed by atoms with E-state index >= 15 is 0 Å². The first-order valence-electron chi connectivity index (χ1n) is 9.03. The number of morpholine rings is 1. The van der Waals surface area contributed by atoms with Crippen molar-refractivity contribution in [3.63, 3.8) is 0 Å². The molecule has 1 aromatic heterocycles. The Bertz CT molecular complexity index is 812. The van der Waals surface area contributed by atoms with Crippen LogP contribution in [0, 0.1) is 0 Å². The number of rotatable bonds is 6. The van der Waals surface area contributed by atoms with Crippen molar-refractivity contribution in [3.8, 4) is 11.3 Å². The Morgan fingerprint density at radius 3 is 2.31 bits per heavy atom. The predicted molar refractivity (Wildman–Crippen MR) is 102 cm³/mol. The highest BCUT2D eigenvalue weighted by Gasteiger charge is 2.23. The van der Waals surface area contributed by atoms with E-state index < -0.39 is 0 Å². The van der Waals surface area contributed by atoms with Gasteiger partial charge in [-0.3, -0.25) is 0 Å². The Morgan fingerprint density at radius 1 is 0.885 bits per heavy atom. The van der Waals surface area contributed by atoms with Gasteiger partial charge in [0, 0.05) is 31.7 Å². The quantitative estimate of drug-likeness (QED) is 0.738. The maximum atomic E-state index is 5.77. The molecule has 0 bridgehead atoms. The van der Waals surface area contributed by atoms with Crippen molar-refractivity contribution in [1.29, 1.82) is 0 Å². The van der Waals surface area contributed by atoms with Gasteiger partial charge < -0.3 is 19.5 Å². The molecule has 0 radical (unpaired) electrons. The Hall–Kier alpha value is -2.63. The maximum absolute atomic E-state index is 5.77. The molecular weight excluding hydrogens is 326 g/mol. The first-order valence-corrected chi connectivity index (χ1v) is 9.03. The summed E-state index contributed by atoms with van der Waals surface area (Å²) in [7, 11) is 0. The van der Waals surface area contributed by atoms with Gasteiger partial charge in [0.2, 0.25) is 5.88 Å². The molecule has 26 heavy (non-hydrogen) atoms. The molecule has 2 heterocycles. The first kappa shape index (κ1) is 16.8. The molecule has 1 aliphatic rings. The molecule has 0 spiro atoms. The topological polar surface area (TPSA) is 50.5 Å². The van der Waals surface area contributed by atoms with Crippen LogP contribution < -0.4 is 10.2 Å². The summed E-state index contributed by atoms with van der Waals surface area (Å²) < 4.78 is 11.2. The number of benzene rings is 2. The van der Waals surface area contributed by atoms with Gasteiger partial charge in [-0.2, -0.15) is 0 Å². The van der Waals surface area contributed by atoms with E-state index in [0.717, 1.165) is 55.6 Å². The summed E-state index contributed by atoms with van der Waals surface area (Å²) >= 11 is 0. The van der Waals surface area contributed by atoms with Crippen molar-refractivity contribution >= 4 is 5.88 Å². The van der Waals surface area contributed by atoms with Gasteiger partial charge in [0.15, 0.2) is 0 Å². The number of aromatic nitrogens is 1. The summed E-state index contributed by atoms with van der Waals surface area (Å²) in [6.45, 7) is 4.61. The molecule has 1 aliphatic heterocycles. The monoisotopic (exact) mass is 349 g/mol. The minimum Gasteiger partial charge on any atom is -0.378 e. The fraction of sp³-hybridized carbons (Fsp3) is 0.286. The second-order valence-electron chi connectivity index (χ2n) is 6.37. The average molecular weight is 349 g/mol. The SMILES string of the molecule is c1ccc(CNCc2c(-c3ccccc3)noc2N2CCOCC2)cc1. The number of hydrogen-bond acceptors (Lipinski definition) is 5. The van der Waals surface area contributed by atoms with Crippen LogP contribution in [0.2, 0.25) is 0 Å². The minimum absolute atomic E-state index is 0.704. The van der Waals surface area contributed by atoms with Crippen molar-refractivity contribution in [3.05, 3.63) is 71.8 Å². The second-order valence-corrected chi connectivity index (χ2v) is 6.37. The van der Waals surface area contributed by atoms with E-state index in [-0.39, 0.29) is 0 Å². The molecule has 3 aromatic rings. The predicted octanol–water partition coefficient (Wildman–Crippen LogP) is 3.47. The number of ether oxygens (including phenoxy) is 1. The summed E-state index contributed by atoms with van der Waals surface area (Å²) in [5.41, 5.74) is 4.35. The van der Waals surface area contributed by atoms with E-state index in [1.54, 1.807) is 0 Å². The van der Waals surface area contributed by atoms with Crippen LogP contribution in [0.5, 0.6) is 0 Å². The Kier molecular flexibility index (Phi) is 5.28. The number of hydrogen-bond donors (Lipinski definition) is 1. The van der Waals surface area contributed by atoms with Crippen LogP contribution in [0.1, 0.15) is 11.1 Å². The highest BCUT2D eigenvalue weighted by Crippen LogP contribution is 2.31. The summed E-state index contributed by atoms with van der Waals surface area (Å²) in [6.07, 6.45) is 0. The van der Waals surface area contributed by atoms with Gasteiger partial charge >= 0.3 is 0 Å². The van der Waals surface area contributed by atoms with Crippen LogP contribution in [0.15, 0.2) is 65.2 Å². The zero-order valence-electron chi connectivity index (χ0n) is 14.7. The Morgan fingerprint density at radius 2 is 1.58 bits per heavy atom. The molecule has 1 N–H and O–H groups in total. The summed E-state index contributed by atoms with van der Waals surface area (Å²) in [5, 5.41) is 7.93. The largest absolute Gasteiger partial charge is 0.378 e. The molecule has 0 atom stereocenters. The van der Waals surface area contributed by atoms with Crippen LogP contribution >= 0.6 is 0 Å². The molecule has 134 valence electrons. The highest BCUT2D eigenvalue weighted by atomic mass is 16.5. The fourth-order valence-electron chi connectivity index (χ4n) is 3.23. The van der Waals surface area contributed by atoms with E-state index in [0.29, 0.717) is 6.54 Å². The summed E-state index contributed by atoms with van der Waals surface area (Å²) in [5.74, 6) is 0.854. The van der Waals surface area contributed by atoms with Crippen LogP contribution in [0.25, 0.3) is 11.3 Å². The smallest absolute Gasteiger partial charge is 0.232 e. The lowest BCUT2D eigenvalue weighted by Gasteiger charge is -2.26. The van der Waals surface area contributed by atoms with Crippen molar-refractivity contribution in [2.45, 2.75) is 13.1 Å². The number of nitrogens with zero attached hydrogens (tertiary/aromatic N) is 2. The van der Waals surface area contributed by atoms with Crippen LogP contribution in [-0.2, 0) is 17.8 Å². The van der Waals surface area contributed by atoms with E-state index in [4.69, 9.17) is 9.26 Å². The first-order chi connectivity index (χ1) is 12.9. The molecule has 5 nitrogen and oxygen atoms in total. The van der Waals surface area contributed by atoms with Crippen LogP contribution in [0.4, 0.5) is 5.88 Å². The van der Waals surface area contributed by atoms with Gasteiger partial charge in [-0.15, -0.1) is 0 Å². The van der Waals surface area contributed by atoms with Crippen molar-refractivity contribution in [2.24, 2.45) is 0 Å². The van der Waals surface area contributed by atoms with Crippen LogP contribution in [0.3, 0.4) is 0 Å². The van der Waals surface area contributed by atoms with Crippen LogP contribution in [-0.4, -0.2) is 31.5 Å². The van der Waals surface area contributed by atoms with Crippen molar-refractivity contribution < 1.29 is 9.26 Å². The molecule has 0 saturated carbocycles. The summed E-state index contributed by atoms with van der Waals surface area (Å²) in [6, 6.07) is 20.6. The second kappa shape index (κ2) is 8.17. The normalized spacial score (nSPS) is 14.5. The third kappa shape index (κ3) is 3.79. The van der Waals surface area contributed by atoms with E-state index in [1.807, 2.05) is 24.3 Å². The van der Waals surface area contributed by atoms with Gasteiger partial charge in [0.25, 0.3) is 0 Å². The Balaban J connectivity index is 1.57. The molecule has 2 aromatic carbocycles. The fourth-order valence-corrected chi connectivity index (χ4v) is 3.23. The van der Waals surface area contributed by atoms with Crippen molar-refractivity contribution in [1.82, 2.24) is 10.5 Å². The number of nitrogens with one attached hydrogen (secondary N) is 1. The van der Waals surface area contributed by atoms with Gasteiger partial charge in [0.05, 0.1) is 18.8 Å². The zero-order valence-corrected chi connectivity index (χ0v) is 14.7. The summed E-state index contributed by atoms with van der Waals surface area (Å²) in [4.78, 5) is 2.22. The molecule has 1 fully saturated rings. The van der Waals surface area contributed by atoms with Gasteiger partial charge in [-0.25, -0.2) is 0 Å². The molecule has 5 heteroatoms. The van der Waals surface area contributed by atoms with Gasteiger partial charge in [0.1, 0.15) is 5.69 Å². The molecule has 1 saturated heterocycles. The average Bonchev–Trinajstić information content (AvgIpc) is 3.14. The van der Waals surface area contributed by atoms with E-state index in [1.165, 1.54) is 5.56 Å². The third-order valence-corrected chi connectivity index (χ3v) is 4.59. The molecular formula is C21H23N3O2. The van der Waals surface area contributed by atoms with Gasteiger partial charge in [-0.05, 0) is 5.56 Å². The van der Waals surface area contributed by atoms with Crippen molar-refractivity contribution in [2.75, 3.05) is 31.2 Å². The van der Waals surface area contributed by atoms with E-state index in [9.17, 15) is 0 Å². The number of anilines is 1.